The second kappa shape index (κ2) is 6.57. The number of carbonyl (C=O) groups excluding carboxylic acids is 2. The summed E-state index contributed by atoms with van der Waals surface area (Å²) in [5.41, 5.74) is 6.30. The number of hydrogen-bond donors (Lipinski definition) is 2. The van der Waals surface area contributed by atoms with Gasteiger partial charge in [-0.25, -0.2) is 0 Å². The van der Waals surface area contributed by atoms with Crippen LogP contribution in [0.15, 0.2) is 0 Å². The van der Waals surface area contributed by atoms with Crippen molar-refractivity contribution in [3.63, 3.8) is 0 Å². The summed E-state index contributed by atoms with van der Waals surface area (Å²) in [6.45, 7) is 3.48. The first-order valence-electron chi connectivity index (χ1n) is 8.88. The molecule has 3 rings (SSSR count). The highest BCUT2D eigenvalue weighted by molar-refractivity contribution is 5.80. The van der Waals surface area contributed by atoms with Gasteiger partial charge in [-0.1, -0.05) is 6.42 Å². The van der Waals surface area contributed by atoms with E-state index in [4.69, 9.17) is 5.73 Å². The normalized spacial score (nSPS) is 36.3. The molecule has 0 aromatic carbocycles. The van der Waals surface area contributed by atoms with Gasteiger partial charge in [0.25, 0.3) is 0 Å². The number of carbonyl (C=O) groups is 2. The van der Waals surface area contributed by atoms with E-state index >= 15 is 0 Å². The Kier molecular flexibility index (Phi) is 4.71. The SMILES string of the molecule is CC(CN1CCCC1=O)NC(=O)C1CC2CCCC(C1)C2N. The van der Waals surface area contributed by atoms with Crippen molar-refractivity contribution in [1.82, 2.24) is 10.2 Å². The number of hydrogen-bond acceptors (Lipinski definition) is 3. The van der Waals surface area contributed by atoms with E-state index in [0.717, 1.165) is 25.8 Å². The Balaban J connectivity index is 1.50. The first-order valence-corrected chi connectivity index (χ1v) is 8.88. The molecule has 2 amide bonds. The third-order valence-corrected chi connectivity index (χ3v) is 5.84. The molecular weight excluding hydrogens is 278 g/mol. The molecule has 22 heavy (non-hydrogen) atoms. The van der Waals surface area contributed by atoms with Gasteiger partial charge in [0, 0.05) is 37.5 Å². The summed E-state index contributed by atoms with van der Waals surface area (Å²) in [5, 5.41) is 3.13. The van der Waals surface area contributed by atoms with E-state index in [1.54, 1.807) is 0 Å². The molecule has 3 unspecified atom stereocenters. The molecule has 0 spiro atoms. The highest BCUT2D eigenvalue weighted by atomic mass is 16.2. The summed E-state index contributed by atoms with van der Waals surface area (Å²) in [4.78, 5) is 26.1. The number of nitrogens with one attached hydrogen (secondary N) is 1. The van der Waals surface area contributed by atoms with Crippen LogP contribution in [0.3, 0.4) is 0 Å². The van der Waals surface area contributed by atoms with Gasteiger partial charge < -0.3 is 16.0 Å². The van der Waals surface area contributed by atoms with Crippen LogP contribution in [0.2, 0.25) is 0 Å². The fourth-order valence-corrected chi connectivity index (χ4v) is 4.64. The average Bonchev–Trinajstić information content (AvgIpc) is 2.83. The van der Waals surface area contributed by atoms with Crippen LogP contribution in [-0.4, -0.2) is 41.9 Å². The largest absolute Gasteiger partial charge is 0.352 e. The fourth-order valence-electron chi connectivity index (χ4n) is 4.64. The zero-order chi connectivity index (χ0) is 15.7. The van der Waals surface area contributed by atoms with Gasteiger partial charge in [-0.3, -0.25) is 9.59 Å². The average molecular weight is 307 g/mol. The molecule has 0 aromatic heterocycles. The number of likely N-dealkylation sites (tertiary alicyclic amines) is 1. The minimum absolute atomic E-state index is 0.0324. The van der Waals surface area contributed by atoms with Gasteiger partial charge in [0.1, 0.15) is 0 Å². The second-order valence-electron chi connectivity index (χ2n) is 7.55. The molecule has 5 heteroatoms. The van der Waals surface area contributed by atoms with Crippen LogP contribution in [0.5, 0.6) is 0 Å². The van der Waals surface area contributed by atoms with E-state index < -0.39 is 0 Å². The van der Waals surface area contributed by atoms with E-state index in [-0.39, 0.29) is 23.8 Å². The van der Waals surface area contributed by atoms with Crippen LogP contribution in [0.1, 0.15) is 51.9 Å². The van der Waals surface area contributed by atoms with Crippen LogP contribution in [-0.2, 0) is 9.59 Å². The summed E-state index contributed by atoms with van der Waals surface area (Å²) >= 11 is 0. The molecule has 1 heterocycles. The zero-order valence-electron chi connectivity index (χ0n) is 13.6. The molecule has 124 valence electrons. The fraction of sp³-hybridized carbons (Fsp3) is 0.882. The van der Waals surface area contributed by atoms with E-state index in [1.807, 2.05) is 11.8 Å². The number of rotatable bonds is 4. The first-order chi connectivity index (χ1) is 10.5. The van der Waals surface area contributed by atoms with Gasteiger partial charge in [-0.05, 0) is 50.9 Å². The molecule has 2 saturated carbocycles. The van der Waals surface area contributed by atoms with E-state index in [0.29, 0.717) is 30.8 Å². The molecular formula is C17H29N3O2. The van der Waals surface area contributed by atoms with Crippen molar-refractivity contribution in [3.05, 3.63) is 0 Å². The predicted octanol–water partition coefficient (Wildman–Crippen LogP) is 1.27. The molecule has 3 N–H and O–H groups in total. The lowest BCUT2D eigenvalue weighted by Gasteiger charge is -2.43. The standard InChI is InChI=1S/C17H29N3O2/c1-11(10-20-7-3-6-15(20)21)19-17(22)14-8-12-4-2-5-13(9-14)16(12)18/h11-14,16H,2-10,18H2,1H3,(H,19,22). The Hall–Kier alpha value is -1.10. The highest BCUT2D eigenvalue weighted by Gasteiger charge is 2.40. The molecule has 2 bridgehead atoms. The van der Waals surface area contributed by atoms with Crippen LogP contribution in [0.4, 0.5) is 0 Å². The van der Waals surface area contributed by atoms with Gasteiger partial charge in [-0.15, -0.1) is 0 Å². The van der Waals surface area contributed by atoms with Crippen LogP contribution < -0.4 is 11.1 Å². The number of nitrogens with two attached hydrogens (primary N) is 1. The van der Waals surface area contributed by atoms with Crippen molar-refractivity contribution in [2.45, 2.75) is 64.0 Å². The summed E-state index contributed by atoms with van der Waals surface area (Å²) in [5.74, 6) is 1.56. The molecule has 3 fully saturated rings. The van der Waals surface area contributed by atoms with Gasteiger partial charge in [0.15, 0.2) is 0 Å². The van der Waals surface area contributed by atoms with Crippen LogP contribution in [0, 0.1) is 17.8 Å². The maximum atomic E-state index is 12.5. The quantitative estimate of drug-likeness (QED) is 0.821. The van der Waals surface area contributed by atoms with Crippen molar-refractivity contribution < 1.29 is 9.59 Å². The minimum atomic E-state index is 0.0324. The number of amides is 2. The summed E-state index contributed by atoms with van der Waals surface area (Å²) in [6.07, 6.45) is 7.12. The lowest BCUT2D eigenvalue weighted by atomic mass is 9.65. The zero-order valence-corrected chi connectivity index (χ0v) is 13.6. The molecule has 1 aliphatic heterocycles. The Bertz CT molecular complexity index is 426. The molecule has 2 aliphatic carbocycles. The van der Waals surface area contributed by atoms with Crippen LogP contribution >= 0.6 is 0 Å². The maximum absolute atomic E-state index is 12.5. The third kappa shape index (κ3) is 3.29. The third-order valence-electron chi connectivity index (χ3n) is 5.84. The van der Waals surface area contributed by atoms with Crippen molar-refractivity contribution >= 4 is 11.8 Å². The molecule has 1 saturated heterocycles. The maximum Gasteiger partial charge on any atom is 0.223 e. The van der Waals surface area contributed by atoms with E-state index in [9.17, 15) is 9.59 Å². The lowest BCUT2D eigenvalue weighted by Crippen LogP contribution is -2.51. The number of nitrogens with zero attached hydrogens (tertiary/aromatic N) is 1. The lowest BCUT2D eigenvalue weighted by molar-refractivity contribution is -0.131. The van der Waals surface area contributed by atoms with Gasteiger partial charge in [0.2, 0.25) is 11.8 Å². The van der Waals surface area contributed by atoms with Crippen molar-refractivity contribution in [2.75, 3.05) is 13.1 Å². The topological polar surface area (TPSA) is 75.4 Å². The van der Waals surface area contributed by atoms with Gasteiger partial charge in [0.05, 0.1) is 0 Å². The monoisotopic (exact) mass is 307 g/mol. The minimum Gasteiger partial charge on any atom is -0.352 e. The smallest absolute Gasteiger partial charge is 0.223 e. The van der Waals surface area contributed by atoms with Crippen molar-refractivity contribution in [2.24, 2.45) is 23.5 Å². The molecule has 3 atom stereocenters. The molecule has 0 radical (unpaired) electrons. The summed E-state index contributed by atoms with van der Waals surface area (Å²) in [6, 6.07) is 0.336. The van der Waals surface area contributed by atoms with E-state index in [2.05, 4.69) is 5.32 Å². The number of fused-ring (bicyclic) bond motifs is 2. The Morgan fingerprint density at radius 2 is 2.00 bits per heavy atom. The Morgan fingerprint density at radius 1 is 1.32 bits per heavy atom. The second-order valence-corrected chi connectivity index (χ2v) is 7.55. The predicted molar refractivity (Wildman–Crippen MR) is 84.9 cm³/mol. The first kappa shape index (κ1) is 15.8. The van der Waals surface area contributed by atoms with Crippen molar-refractivity contribution in [3.8, 4) is 0 Å². The van der Waals surface area contributed by atoms with Gasteiger partial charge >= 0.3 is 0 Å². The molecule has 3 aliphatic rings. The van der Waals surface area contributed by atoms with Crippen LogP contribution in [0.25, 0.3) is 0 Å². The Morgan fingerprint density at radius 3 is 2.59 bits per heavy atom. The molecule has 0 aromatic rings. The van der Waals surface area contributed by atoms with Crippen molar-refractivity contribution in [1.29, 1.82) is 0 Å². The summed E-state index contributed by atoms with van der Waals surface area (Å²) in [7, 11) is 0. The Labute approximate surface area is 133 Å². The molecule has 5 nitrogen and oxygen atoms in total. The highest BCUT2D eigenvalue weighted by Crippen LogP contribution is 2.41. The summed E-state index contributed by atoms with van der Waals surface area (Å²) < 4.78 is 0. The van der Waals surface area contributed by atoms with Gasteiger partial charge in [-0.2, -0.15) is 0 Å². The van der Waals surface area contributed by atoms with E-state index in [1.165, 1.54) is 19.3 Å².